The van der Waals surface area contributed by atoms with Gasteiger partial charge in [-0.05, 0) is 32.7 Å². The van der Waals surface area contributed by atoms with E-state index in [1.807, 2.05) is 11.9 Å². The van der Waals surface area contributed by atoms with Crippen molar-refractivity contribution >= 4 is 11.8 Å². The molecule has 1 aliphatic heterocycles. The molecular formula is C14H28N4O2. The second kappa shape index (κ2) is 8.21. The number of nitrogens with one attached hydrogen (secondary N) is 1. The highest BCUT2D eigenvalue weighted by atomic mass is 16.2. The van der Waals surface area contributed by atoms with Gasteiger partial charge in [-0.25, -0.2) is 5.84 Å². The zero-order valence-electron chi connectivity index (χ0n) is 12.9. The minimum atomic E-state index is -0.119. The van der Waals surface area contributed by atoms with Gasteiger partial charge in [-0.3, -0.25) is 19.9 Å². The summed E-state index contributed by atoms with van der Waals surface area (Å²) in [5.74, 6) is 5.12. The summed E-state index contributed by atoms with van der Waals surface area (Å²) in [6.07, 6.45) is 3.50. The van der Waals surface area contributed by atoms with Crippen LogP contribution in [0.4, 0.5) is 0 Å². The van der Waals surface area contributed by atoms with Gasteiger partial charge in [-0.15, -0.1) is 0 Å². The second-order valence-electron chi connectivity index (χ2n) is 5.55. The first-order valence-corrected chi connectivity index (χ1v) is 7.51. The molecule has 0 spiro atoms. The molecule has 0 bridgehead atoms. The first kappa shape index (κ1) is 16.9. The van der Waals surface area contributed by atoms with Crippen molar-refractivity contribution in [3.05, 3.63) is 0 Å². The lowest BCUT2D eigenvalue weighted by Gasteiger charge is -2.33. The number of nitrogens with zero attached hydrogens (tertiary/aromatic N) is 2. The minimum absolute atomic E-state index is 0.0548. The van der Waals surface area contributed by atoms with Crippen molar-refractivity contribution < 1.29 is 9.59 Å². The molecule has 0 saturated carbocycles. The summed E-state index contributed by atoms with van der Waals surface area (Å²) in [7, 11) is 2.00. The maximum Gasteiger partial charge on any atom is 0.237 e. The zero-order chi connectivity index (χ0) is 15.1. The van der Waals surface area contributed by atoms with Crippen LogP contribution >= 0.6 is 0 Å². The maximum absolute atomic E-state index is 12.2. The van der Waals surface area contributed by atoms with Crippen molar-refractivity contribution in [2.24, 2.45) is 11.8 Å². The number of likely N-dealkylation sites (tertiary alicyclic amines) is 1. The van der Waals surface area contributed by atoms with E-state index in [0.29, 0.717) is 38.5 Å². The summed E-state index contributed by atoms with van der Waals surface area (Å²) in [5.41, 5.74) is 2.19. The van der Waals surface area contributed by atoms with Gasteiger partial charge < -0.3 is 4.90 Å². The molecule has 1 saturated heterocycles. The zero-order valence-corrected chi connectivity index (χ0v) is 12.9. The molecule has 1 aliphatic rings. The van der Waals surface area contributed by atoms with E-state index in [0.717, 1.165) is 12.8 Å². The predicted octanol–water partition coefficient (Wildman–Crippen LogP) is 0.335. The van der Waals surface area contributed by atoms with Crippen molar-refractivity contribution in [3.8, 4) is 0 Å². The van der Waals surface area contributed by atoms with Crippen molar-refractivity contribution in [2.45, 2.75) is 45.6 Å². The molecule has 0 radical (unpaired) electrons. The number of hydrogen-bond acceptors (Lipinski definition) is 4. The molecule has 0 aromatic rings. The van der Waals surface area contributed by atoms with Crippen LogP contribution in [0.25, 0.3) is 0 Å². The van der Waals surface area contributed by atoms with Crippen LogP contribution in [0, 0.1) is 5.92 Å². The van der Waals surface area contributed by atoms with E-state index in [2.05, 4.69) is 24.2 Å². The van der Waals surface area contributed by atoms with E-state index in [1.165, 1.54) is 0 Å². The fourth-order valence-electron chi connectivity index (χ4n) is 2.86. The first-order chi connectivity index (χ1) is 9.53. The molecule has 2 amide bonds. The molecule has 0 aliphatic carbocycles. The van der Waals surface area contributed by atoms with E-state index < -0.39 is 0 Å². The maximum atomic E-state index is 12.2. The Labute approximate surface area is 121 Å². The van der Waals surface area contributed by atoms with E-state index >= 15 is 0 Å². The highest BCUT2D eigenvalue weighted by Gasteiger charge is 2.27. The number of carbonyl (C=O) groups is 2. The summed E-state index contributed by atoms with van der Waals surface area (Å²) in [5, 5.41) is 0. The van der Waals surface area contributed by atoms with Gasteiger partial charge in [0.25, 0.3) is 0 Å². The number of hydrazine groups is 1. The third-order valence-electron chi connectivity index (χ3n) is 4.31. The summed E-state index contributed by atoms with van der Waals surface area (Å²) < 4.78 is 0. The summed E-state index contributed by atoms with van der Waals surface area (Å²) in [6, 6.07) is 0.458. The number of carbonyl (C=O) groups excluding carboxylic acids is 2. The van der Waals surface area contributed by atoms with Crippen molar-refractivity contribution in [1.29, 1.82) is 0 Å². The third kappa shape index (κ3) is 4.45. The SMILES string of the molecule is CCC(CC)N(C)CC(=O)N1CCC(C(=O)NN)CC1. The van der Waals surface area contributed by atoms with Gasteiger partial charge in [0.1, 0.15) is 0 Å². The van der Waals surface area contributed by atoms with Gasteiger partial charge in [0.2, 0.25) is 11.8 Å². The Kier molecular flexibility index (Phi) is 6.95. The molecule has 1 rings (SSSR count). The molecule has 116 valence electrons. The fraction of sp³-hybridized carbons (Fsp3) is 0.857. The average Bonchev–Trinajstić information content (AvgIpc) is 2.47. The molecule has 6 heteroatoms. The molecule has 20 heavy (non-hydrogen) atoms. The molecule has 6 nitrogen and oxygen atoms in total. The van der Waals surface area contributed by atoms with Crippen LogP contribution in [0.5, 0.6) is 0 Å². The highest BCUT2D eigenvalue weighted by molar-refractivity contribution is 5.80. The molecule has 1 fully saturated rings. The number of hydrogen-bond donors (Lipinski definition) is 2. The van der Waals surface area contributed by atoms with E-state index in [1.54, 1.807) is 0 Å². The average molecular weight is 284 g/mol. The van der Waals surface area contributed by atoms with Crippen LogP contribution in [0.2, 0.25) is 0 Å². The Balaban J connectivity index is 2.41. The Morgan fingerprint density at radius 1 is 1.30 bits per heavy atom. The van der Waals surface area contributed by atoms with Gasteiger partial charge in [-0.1, -0.05) is 13.8 Å². The van der Waals surface area contributed by atoms with Crippen LogP contribution in [0.3, 0.4) is 0 Å². The van der Waals surface area contributed by atoms with Gasteiger partial charge in [-0.2, -0.15) is 0 Å². The van der Waals surface area contributed by atoms with E-state index in [9.17, 15) is 9.59 Å². The molecular weight excluding hydrogens is 256 g/mol. The Morgan fingerprint density at radius 2 is 1.85 bits per heavy atom. The molecule has 0 aromatic carbocycles. The number of likely N-dealkylation sites (N-methyl/N-ethyl adjacent to an activating group) is 1. The van der Waals surface area contributed by atoms with Gasteiger partial charge >= 0.3 is 0 Å². The molecule has 3 N–H and O–H groups in total. The normalized spacial score (nSPS) is 16.8. The fourth-order valence-corrected chi connectivity index (χ4v) is 2.86. The lowest BCUT2D eigenvalue weighted by molar-refractivity contribution is -0.136. The van der Waals surface area contributed by atoms with Crippen LogP contribution < -0.4 is 11.3 Å². The van der Waals surface area contributed by atoms with Crippen molar-refractivity contribution in [2.75, 3.05) is 26.7 Å². The monoisotopic (exact) mass is 284 g/mol. The number of amides is 2. The van der Waals surface area contributed by atoms with Crippen LogP contribution in [-0.4, -0.2) is 54.3 Å². The molecule has 0 unspecified atom stereocenters. The van der Waals surface area contributed by atoms with Gasteiger partial charge in [0.15, 0.2) is 0 Å². The minimum Gasteiger partial charge on any atom is -0.342 e. The Bertz CT molecular complexity index is 323. The Morgan fingerprint density at radius 3 is 2.30 bits per heavy atom. The summed E-state index contributed by atoms with van der Waals surface area (Å²) >= 11 is 0. The van der Waals surface area contributed by atoms with Gasteiger partial charge in [0.05, 0.1) is 6.54 Å². The summed E-state index contributed by atoms with van der Waals surface area (Å²) in [6.45, 7) is 6.04. The quantitative estimate of drug-likeness (QED) is 0.419. The second-order valence-corrected chi connectivity index (χ2v) is 5.55. The predicted molar refractivity (Wildman–Crippen MR) is 78.6 cm³/mol. The highest BCUT2D eigenvalue weighted by Crippen LogP contribution is 2.17. The number of nitrogens with two attached hydrogens (primary N) is 1. The Hall–Kier alpha value is -1.14. The number of piperidine rings is 1. The third-order valence-corrected chi connectivity index (χ3v) is 4.31. The number of rotatable bonds is 6. The van der Waals surface area contributed by atoms with Gasteiger partial charge in [0, 0.05) is 25.0 Å². The standard InChI is InChI=1S/C14H28N4O2/c1-4-12(5-2)17(3)10-13(19)18-8-6-11(7-9-18)14(20)16-15/h11-12H,4-10,15H2,1-3H3,(H,16,20). The smallest absolute Gasteiger partial charge is 0.237 e. The van der Waals surface area contributed by atoms with E-state index in [4.69, 9.17) is 5.84 Å². The lowest BCUT2D eigenvalue weighted by atomic mass is 9.96. The molecule has 0 aromatic heterocycles. The van der Waals surface area contributed by atoms with Crippen LogP contribution in [0.15, 0.2) is 0 Å². The largest absolute Gasteiger partial charge is 0.342 e. The van der Waals surface area contributed by atoms with E-state index in [-0.39, 0.29) is 17.7 Å². The topological polar surface area (TPSA) is 78.7 Å². The van der Waals surface area contributed by atoms with Crippen molar-refractivity contribution in [3.63, 3.8) is 0 Å². The van der Waals surface area contributed by atoms with Crippen LogP contribution in [0.1, 0.15) is 39.5 Å². The first-order valence-electron chi connectivity index (χ1n) is 7.51. The van der Waals surface area contributed by atoms with Crippen molar-refractivity contribution in [1.82, 2.24) is 15.2 Å². The lowest BCUT2D eigenvalue weighted by Crippen LogP contribution is -2.48. The molecule has 1 heterocycles. The summed E-state index contributed by atoms with van der Waals surface area (Å²) in [4.78, 5) is 27.7. The van der Waals surface area contributed by atoms with Crippen LogP contribution in [-0.2, 0) is 9.59 Å². The molecule has 0 atom stereocenters.